The molecular weight excluding hydrogens is 485 g/mol. The highest BCUT2D eigenvalue weighted by molar-refractivity contribution is 6.31. The highest BCUT2D eigenvalue weighted by Crippen LogP contribution is 2.57. The SMILES string of the molecule is Cn1nc(C2CC3CC(O)(c4cc(N)nn4C4CC4)CC3C2)c(C(=O)Nc2ccc(F)c(Cl)c2)c1N. The molecule has 36 heavy (non-hydrogen) atoms. The summed E-state index contributed by atoms with van der Waals surface area (Å²) in [4.78, 5) is 13.2. The second-order valence-electron chi connectivity index (χ2n) is 10.6. The van der Waals surface area contributed by atoms with Crippen LogP contribution in [-0.2, 0) is 12.6 Å². The molecule has 1 aromatic carbocycles. The van der Waals surface area contributed by atoms with E-state index in [1.165, 1.54) is 22.9 Å². The maximum Gasteiger partial charge on any atom is 0.261 e. The molecule has 2 aromatic heterocycles. The van der Waals surface area contributed by atoms with Crippen molar-refractivity contribution < 1.29 is 14.3 Å². The molecule has 0 spiro atoms. The van der Waals surface area contributed by atoms with E-state index in [1.807, 2.05) is 10.7 Å². The fourth-order valence-electron chi connectivity index (χ4n) is 6.30. The van der Waals surface area contributed by atoms with Crippen molar-refractivity contribution in [2.45, 2.75) is 56.1 Å². The van der Waals surface area contributed by atoms with Gasteiger partial charge in [-0.2, -0.15) is 10.2 Å². The number of carbonyl (C=O) groups is 1. The number of hydrogen-bond donors (Lipinski definition) is 4. The van der Waals surface area contributed by atoms with Gasteiger partial charge in [0.25, 0.3) is 5.91 Å². The number of carbonyl (C=O) groups excluding carboxylic acids is 1. The molecule has 2 heterocycles. The van der Waals surface area contributed by atoms with Gasteiger partial charge in [0.1, 0.15) is 28.6 Å². The second kappa shape index (κ2) is 8.21. The summed E-state index contributed by atoms with van der Waals surface area (Å²) in [7, 11) is 1.71. The predicted octanol–water partition coefficient (Wildman–Crippen LogP) is 3.95. The number of halogens is 2. The smallest absolute Gasteiger partial charge is 0.261 e. The number of anilines is 3. The van der Waals surface area contributed by atoms with Crippen molar-refractivity contribution >= 4 is 34.8 Å². The Morgan fingerprint density at radius 2 is 1.89 bits per heavy atom. The highest BCUT2D eigenvalue weighted by Gasteiger charge is 2.52. The van der Waals surface area contributed by atoms with Crippen LogP contribution >= 0.6 is 11.6 Å². The van der Waals surface area contributed by atoms with Gasteiger partial charge in [0, 0.05) is 24.7 Å². The van der Waals surface area contributed by atoms with Gasteiger partial charge in [-0.25, -0.2) is 4.39 Å². The van der Waals surface area contributed by atoms with Crippen molar-refractivity contribution in [1.29, 1.82) is 0 Å². The van der Waals surface area contributed by atoms with Gasteiger partial charge < -0.3 is 21.9 Å². The number of nitrogen functional groups attached to an aromatic ring is 2. The van der Waals surface area contributed by atoms with E-state index in [4.69, 9.17) is 23.1 Å². The van der Waals surface area contributed by atoms with Gasteiger partial charge in [0.15, 0.2) is 0 Å². The first-order valence-corrected chi connectivity index (χ1v) is 12.7. The van der Waals surface area contributed by atoms with Gasteiger partial charge >= 0.3 is 0 Å². The van der Waals surface area contributed by atoms with Crippen LogP contribution in [0.25, 0.3) is 0 Å². The molecule has 6 N–H and O–H groups in total. The average Bonchev–Trinajstić information content (AvgIpc) is 3.22. The third kappa shape index (κ3) is 3.83. The van der Waals surface area contributed by atoms with Crippen molar-refractivity contribution in [3.8, 4) is 0 Å². The van der Waals surface area contributed by atoms with E-state index >= 15 is 0 Å². The molecule has 6 rings (SSSR count). The Morgan fingerprint density at radius 1 is 1.19 bits per heavy atom. The molecule has 2 unspecified atom stereocenters. The number of fused-ring (bicyclic) bond motifs is 1. The summed E-state index contributed by atoms with van der Waals surface area (Å²) in [5.41, 5.74) is 13.5. The van der Waals surface area contributed by atoms with Gasteiger partial charge in [-0.15, -0.1) is 0 Å². The van der Waals surface area contributed by atoms with Crippen LogP contribution in [0.15, 0.2) is 24.3 Å². The number of rotatable bonds is 5. The van der Waals surface area contributed by atoms with Crippen molar-refractivity contribution in [2.75, 3.05) is 16.8 Å². The Bertz CT molecular complexity index is 1350. The standard InChI is InChI=1S/C25H29ClFN7O2/c1-33-23(29)21(24(35)30-15-2-5-18(27)17(26)8-15)22(32-33)12-6-13-10-25(36,11-14(13)7-12)19-9-20(28)31-34(19)16-3-4-16/h2,5,8-9,12-14,16,36H,3-4,6-7,10-11,29H2,1H3,(H2,28,31)(H,30,35). The number of aryl methyl sites for hydroxylation is 1. The zero-order chi connectivity index (χ0) is 25.4. The van der Waals surface area contributed by atoms with E-state index in [0.717, 1.165) is 31.4 Å². The molecule has 0 bridgehead atoms. The van der Waals surface area contributed by atoms with Gasteiger partial charge in [0.05, 0.1) is 22.5 Å². The number of hydrogen-bond acceptors (Lipinski definition) is 6. The Morgan fingerprint density at radius 3 is 2.53 bits per heavy atom. The largest absolute Gasteiger partial charge is 0.384 e. The molecule has 3 fully saturated rings. The first kappa shape index (κ1) is 23.3. The molecule has 3 aliphatic rings. The van der Waals surface area contributed by atoms with Crippen LogP contribution in [0.3, 0.4) is 0 Å². The predicted molar refractivity (Wildman–Crippen MR) is 134 cm³/mol. The Labute approximate surface area is 212 Å². The van der Waals surface area contributed by atoms with E-state index in [2.05, 4.69) is 15.5 Å². The molecule has 190 valence electrons. The maximum atomic E-state index is 13.5. The number of aromatic nitrogens is 4. The summed E-state index contributed by atoms with van der Waals surface area (Å²) in [5, 5.41) is 23.4. The van der Waals surface area contributed by atoms with Crippen molar-refractivity contribution in [1.82, 2.24) is 19.6 Å². The van der Waals surface area contributed by atoms with Gasteiger partial charge in [-0.3, -0.25) is 14.2 Å². The maximum absolute atomic E-state index is 13.5. The number of amides is 1. The van der Waals surface area contributed by atoms with Crippen LogP contribution in [0.4, 0.5) is 21.7 Å². The number of aliphatic hydroxyl groups is 1. The van der Waals surface area contributed by atoms with E-state index in [0.29, 0.717) is 53.5 Å². The van der Waals surface area contributed by atoms with Crippen molar-refractivity contribution in [3.63, 3.8) is 0 Å². The lowest BCUT2D eigenvalue weighted by Gasteiger charge is -2.25. The Kier molecular flexibility index (Phi) is 5.31. The monoisotopic (exact) mass is 513 g/mol. The molecule has 1 amide bonds. The first-order chi connectivity index (χ1) is 17.1. The topological polar surface area (TPSA) is 137 Å². The van der Waals surface area contributed by atoms with Gasteiger partial charge in [-0.05, 0) is 68.6 Å². The number of nitrogens with zero attached hydrogens (tertiary/aromatic N) is 4. The van der Waals surface area contributed by atoms with Crippen LogP contribution in [0.2, 0.25) is 5.02 Å². The molecule has 3 aliphatic carbocycles. The third-order valence-electron chi connectivity index (χ3n) is 8.07. The molecule has 11 heteroatoms. The minimum atomic E-state index is -0.946. The fraction of sp³-hybridized carbons (Fsp3) is 0.480. The third-order valence-corrected chi connectivity index (χ3v) is 8.36. The minimum Gasteiger partial charge on any atom is -0.384 e. The molecule has 9 nitrogen and oxygen atoms in total. The van der Waals surface area contributed by atoms with Gasteiger partial charge in [-0.1, -0.05) is 11.6 Å². The van der Waals surface area contributed by atoms with Crippen molar-refractivity contribution in [3.05, 3.63) is 52.1 Å². The summed E-state index contributed by atoms with van der Waals surface area (Å²) in [6, 6.07) is 6.17. The first-order valence-electron chi connectivity index (χ1n) is 12.3. The molecule has 3 aromatic rings. The Hall–Kier alpha value is -3.11. The number of nitrogens with two attached hydrogens (primary N) is 2. The fourth-order valence-corrected chi connectivity index (χ4v) is 6.48. The molecule has 2 atom stereocenters. The van der Waals surface area contributed by atoms with Crippen LogP contribution < -0.4 is 16.8 Å². The lowest BCUT2D eigenvalue weighted by atomic mass is 9.89. The Balaban J connectivity index is 1.22. The number of benzene rings is 1. The van der Waals surface area contributed by atoms with Gasteiger partial charge in [0.2, 0.25) is 0 Å². The highest BCUT2D eigenvalue weighted by atomic mass is 35.5. The molecular formula is C25H29ClFN7O2. The second-order valence-corrected chi connectivity index (χ2v) is 11.0. The van der Waals surface area contributed by atoms with E-state index in [9.17, 15) is 14.3 Å². The van der Waals surface area contributed by atoms with E-state index < -0.39 is 17.3 Å². The minimum absolute atomic E-state index is 0.0454. The van der Waals surface area contributed by atoms with Crippen molar-refractivity contribution in [2.24, 2.45) is 18.9 Å². The summed E-state index contributed by atoms with van der Waals surface area (Å²) in [5.74, 6) is 0.379. The summed E-state index contributed by atoms with van der Waals surface area (Å²) in [6.45, 7) is 0. The average molecular weight is 514 g/mol. The van der Waals surface area contributed by atoms with Crippen LogP contribution in [-0.4, -0.2) is 30.6 Å². The summed E-state index contributed by atoms with van der Waals surface area (Å²) >= 11 is 5.87. The zero-order valence-corrected chi connectivity index (χ0v) is 20.7. The van der Waals surface area contributed by atoms with Crippen LogP contribution in [0, 0.1) is 17.7 Å². The molecule has 0 radical (unpaired) electrons. The molecule has 3 saturated carbocycles. The lowest BCUT2D eigenvalue weighted by molar-refractivity contribution is 0.0252. The normalized spacial score (nSPS) is 27.4. The lowest BCUT2D eigenvalue weighted by Crippen LogP contribution is -2.27. The molecule has 0 aliphatic heterocycles. The zero-order valence-electron chi connectivity index (χ0n) is 19.9. The summed E-state index contributed by atoms with van der Waals surface area (Å²) in [6.07, 6.45) is 5.00. The quantitative estimate of drug-likeness (QED) is 0.407. The van der Waals surface area contributed by atoms with E-state index in [1.54, 1.807) is 7.05 Å². The van der Waals surface area contributed by atoms with E-state index in [-0.39, 0.29) is 16.8 Å². The van der Waals surface area contributed by atoms with Crippen LogP contribution in [0.1, 0.15) is 72.2 Å². The summed E-state index contributed by atoms with van der Waals surface area (Å²) < 4.78 is 17.0. The number of nitrogens with one attached hydrogen (secondary N) is 1. The van der Waals surface area contributed by atoms with Crippen LogP contribution in [0.5, 0.6) is 0 Å². The molecule has 0 saturated heterocycles.